The highest BCUT2D eigenvalue weighted by Crippen LogP contribution is 2.37. The summed E-state index contributed by atoms with van der Waals surface area (Å²) in [5.74, 6) is -1.51. The van der Waals surface area contributed by atoms with Crippen molar-refractivity contribution in [1.82, 2.24) is 10.6 Å². The molecule has 0 unspecified atom stereocenters. The van der Waals surface area contributed by atoms with Crippen LogP contribution in [0.15, 0.2) is 0 Å². The Kier molecular flexibility index (Phi) is 16.9. The Morgan fingerprint density at radius 1 is 0.433 bits per heavy atom. The molecule has 0 aromatic heterocycles. The largest absolute Gasteiger partial charge is 0.394 e. The van der Waals surface area contributed by atoms with Crippen LogP contribution in [0.25, 0.3) is 0 Å². The second kappa shape index (κ2) is 20.7. The van der Waals surface area contributed by atoms with E-state index < -0.39 is 185 Å². The fraction of sp³-hybridized carbons (Fsp3) is 0.941. The van der Waals surface area contributed by atoms with Crippen LogP contribution in [0.2, 0.25) is 0 Å². The first kappa shape index (κ1) is 49.1. The molecule has 15 N–H and O–H groups in total. The minimum Gasteiger partial charge on any atom is -0.394 e. The highest BCUT2D eigenvalue weighted by Gasteiger charge is 2.58. The molecule has 2 amide bonds. The van der Waals surface area contributed by atoms with Gasteiger partial charge in [-0.05, 0) is 13.8 Å². The van der Waals surface area contributed by atoms with Crippen LogP contribution >= 0.6 is 0 Å². The number of amides is 2. The number of aliphatic hydroxyl groups excluding tert-OH is 13. The fourth-order valence-electron chi connectivity index (χ4n) is 7.69. The number of nitrogens with one attached hydrogen (secondary N) is 2. The highest BCUT2D eigenvalue weighted by atomic mass is 16.8. The summed E-state index contributed by atoms with van der Waals surface area (Å²) in [6.45, 7) is 1.96. The molecule has 5 rings (SSSR count). The van der Waals surface area contributed by atoms with Crippen LogP contribution in [0, 0.1) is 0 Å². The summed E-state index contributed by atoms with van der Waals surface area (Å²) in [6, 6.07) is -3.24. The number of aliphatic hydroxyl groups is 13. The van der Waals surface area contributed by atoms with E-state index in [1.54, 1.807) is 0 Å². The Morgan fingerprint density at radius 3 is 1.37 bits per heavy atom. The fourth-order valence-corrected chi connectivity index (χ4v) is 7.69. The van der Waals surface area contributed by atoms with Crippen LogP contribution in [0.4, 0.5) is 0 Å². The summed E-state index contributed by atoms with van der Waals surface area (Å²) in [5, 5.41) is 144. The van der Waals surface area contributed by atoms with Crippen molar-refractivity contribution >= 4 is 11.8 Å². The van der Waals surface area contributed by atoms with Crippen molar-refractivity contribution in [3.05, 3.63) is 0 Å². The lowest BCUT2D eigenvalue weighted by atomic mass is 9.93. The van der Waals surface area contributed by atoms with Crippen molar-refractivity contribution in [2.75, 3.05) is 19.8 Å². The van der Waals surface area contributed by atoms with Gasteiger partial charge < -0.3 is 120 Å². The first-order valence-corrected chi connectivity index (χ1v) is 19.3. The Hall–Kier alpha value is -1.94. The van der Waals surface area contributed by atoms with Crippen LogP contribution < -0.4 is 10.6 Å². The lowest BCUT2D eigenvalue weighted by Gasteiger charge is -2.52. The van der Waals surface area contributed by atoms with E-state index in [1.807, 2.05) is 0 Å². The van der Waals surface area contributed by atoms with Gasteiger partial charge in [0.1, 0.15) is 110 Å². The summed E-state index contributed by atoms with van der Waals surface area (Å²) >= 11 is 0. The third kappa shape index (κ3) is 10.4. The lowest BCUT2D eigenvalue weighted by molar-refractivity contribution is -0.403. The molecule has 5 heterocycles. The quantitative estimate of drug-likeness (QED) is 0.0817. The molecule has 60 heavy (non-hydrogen) atoms. The maximum Gasteiger partial charge on any atom is 0.217 e. The van der Waals surface area contributed by atoms with E-state index in [0.717, 1.165) is 13.8 Å². The molecule has 0 aliphatic carbocycles. The molecule has 25 atom stereocenters. The van der Waals surface area contributed by atoms with Crippen molar-refractivity contribution in [3.8, 4) is 0 Å². The van der Waals surface area contributed by atoms with Crippen LogP contribution in [-0.4, -0.2) is 251 Å². The molecule has 0 radical (unpaired) electrons. The van der Waals surface area contributed by atoms with Crippen molar-refractivity contribution in [2.45, 2.75) is 181 Å². The second-order valence-corrected chi connectivity index (χ2v) is 15.4. The van der Waals surface area contributed by atoms with Gasteiger partial charge in [-0.15, -0.1) is 0 Å². The Balaban J connectivity index is 1.59. The van der Waals surface area contributed by atoms with Gasteiger partial charge in [0.15, 0.2) is 31.5 Å². The van der Waals surface area contributed by atoms with Crippen molar-refractivity contribution in [1.29, 1.82) is 0 Å². The molecule has 5 aliphatic heterocycles. The van der Waals surface area contributed by atoms with Gasteiger partial charge in [-0.25, -0.2) is 0 Å². The maximum atomic E-state index is 12.4. The average molecular weight is 879 g/mol. The van der Waals surface area contributed by atoms with Gasteiger partial charge in [0, 0.05) is 13.8 Å². The monoisotopic (exact) mass is 878 g/mol. The molecule has 5 saturated heterocycles. The van der Waals surface area contributed by atoms with E-state index in [2.05, 4.69) is 10.6 Å². The molecular formula is C34H58N2O24. The first-order valence-electron chi connectivity index (χ1n) is 19.3. The number of hydrogen-bond acceptors (Lipinski definition) is 24. The number of hydrogen-bond donors (Lipinski definition) is 15. The smallest absolute Gasteiger partial charge is 0.217 e. The van der Waals surface area contributed by atoms with Crippen molar-refractivity contribution < 1.29 is 119 Å². The summed E-state index contributed by atoms with van der Waals surface area (Å²) < 4.78 is 53.1. The van der Waals surface area contributed by atoms with Crippen molar-refractivity contribution in [3.63, 3.8) is 0 Å². The third-order valence-electron chi connectivity index (χ3n) is 11.0. The predicted octanol–water partition coefficient (Wildman–Crippen LogP) is -9.58. The van der Waals surface area contributed by atoms with Gasteiger partial charge >= 0.3 is 0 Å². The van der Waals surface area contributed by atoms with E-state index >= 15 is 0 Å². The molecule has 0 spiro atoms. The average Bonchev–Trinajstić information content (AvgIpc) is 3.20. The standard InChI is InChI=1S/C34H58N2O24/c1-8-17(42)22(47)24(49)32(52-8)58-27-16(36-11(4)41)30(51)54-14(7-39)26(27)57-34-29(60-33-25(50)23(48)18(43)9(2)53-33)28(20(45)13(6-38)56-34)59-31-15(35-10(3)40)21(46)19(44)12(5-37)55-31/h8-9,12-34,37-39,42-51H,5-7H2,1-4H3,(H,35,40)(H,36,41)/t8-,9-,12+,13+,14+,15+,16+,17+,18+,19-,20-,21+,22+,23+,24-,25-,26+,27+,28-,29+,30-,31+,32-,33-,34-/m0/s1. The van der Waals surface area contributed by atoms with E-state index in [9.17, 15) is 76.0 Å². The molecule has 0 bridgehead atoms. The summed E-state index contributed by atoms with van der Waals surface area (Å²) in [7, 11) is 0. The van der Waals surface area contributed by atoms with Crippen LogP contribution in [0.3, 0.4) is 0 Å². The maximum absolute atomic E-state index is 12.4. The van der Waals surface area contributed by atoms with Crippen LogP contribution in [-0.2, 0) is 52.2 Å². The highest BCUT2D eigenvalue weighted by molar-refractivity contribution is 5.73. The molecule has 0 aromatic carbocycles. The molecule has 0 aromatic rings. The number of ether oxygens (including phenoxy) is 9. The lowest BCUT2D eigenvalue weighted by Crippen LogP contribution is -2.71. The zero-order valence-electron chi connectivity index (χ0n) is 32.9. The first-order chi connectivity index (χ1) is 28.2. The molecule has 0 saturated carbocycles. The summed E-state index contributed by atoms with van der Waals surface area (Å²) in [5.41, 5.74) is 0. The number of carbonyl (C=O) groups excluding carboxylic acids is 2. The molecule has 5 aliphatic rings. The summed E-state index contributed by atoms with van der Waals surface area (Å²) in [4.78, 5) is 24.6. The number of carbonyl (C=O) groups is 2. The topological polar surface area (TPSA) is 404 Å². The molecule has 26 heteroatoms. The van der Waals surface area contributed by atoms with Gasteiger partial charge in [-0.3, -0.25) is 9.59 Å². The van der Waals surface area contributed by atoms with Crippen LogP contribution in [0.5, 0.6) is 0 Å². The van der Waals surface area contributed by atoms with Gasteiger partial charge in [0.05, 0.1) is 32.0 Å². The minimum absolute atomic E-state index is 0.751. The van der Waals surface area contributed by atoms with Gasteiger partial charge in [-0.1, -0.05) is 0 Å². The number of rotatable bonds is 13. The Morgan fingerprint density at radius 2 is 0.867 bits per heavy atom. The van der Waals surface area contributed by atoms with Gasteiger partial charge in [-0.2, -0.15) is 0 Å². The second-order valence-electron chi connectivity index (χ2n) is 15.4. The predicted molar refractivity (Wildman–Crippen MR) is 187 cm³/mol. The molecule has 348 valence electrons. The van der Waals surface area contributed by atoms with E-state index in [1.165, 1.54) is 13.8 Å². The Bertz CT molecular complexity index is 1410. The summed E-state index contributed by atoms with van der Waals surface area (Å²) in [6.07, 6.45) is -40.7. The van der Waals surface area contributed by atoms with Crippen molar-refractivity contribution in [2.24, 2.45) is 0 Å². The zero-order chi connectivity index (χ0) is 44.5. The zero-order valence-corrected chi connectivity index (χ0v) is 32.9. The SMILES string of the molecule is CC(=O)N[C@@H]1[C@@H](O[C@@H]2O[C@@H](C)[C@@H](O)[C@@H](O)[C@@H]2O)[C@H](O[C@@H]2O[C@H](CO)[C@H](O)[C@H](O[C@H]3O[C@H](CO)[C@H](O)[C@H](O)[C@H]3NC(C)=O)[C@H]2O[C@@H]2O[C@@H](C)[C@@H](O)[C@@H](O)[C@@H]2O)[C@@H](CO)O[C@@H]1O. The molecule has 26 nitrogen and oxygen atoms in total. The van der Waals surface area contributed by atoms with E-state index in [4.69, 9.17) is 42.6 Å². The van der Waals surface area contributed by atoms with E-state index in [0.29, 0.717) is 0 Å². The molecule has 5 fully saturated rings. The molecular weight excluding hydrogens is 820 g/mol. The third-order valence-corrected chi connectivity index (χ3v) is 11.0. The minimum atomic E-state index is -2.04. The normalized spacial score (nSPS) is 50.2. The van der Waals surface area contributed by atoms with Gasteiger partial charge in [0.25, 0.3) is 0 Å². The van der Waals surface area contributed by atoms with Crippen LogP contribution in [0.1, 0.15) is 27.7 Å². The van der Waals surface area contributed by atoms with Gasteiger partial charge in [0.2, 0.25) is 11.8 Å². The van der Waals surface area contributed by atoms with E-state index in [-0.39, 0.29) is 0 Å². The Labute approximate surface area is 342 Å².